The molecule has 1 N–H and O–H groups in total. The Morgan fingerprint density at radius 2 is 2.25 bits per heavy atom. The molecule has 0 radical (unpaired) electrons. The number of ether oxygens (including phenoxy) is 1. The molecule has 1 rings (SSSR count). The van der Waals surface area contributed by atoms with Gasteiger partial charge in [0.05, 0.1) is 0 Å². The maximum atomic E-state index is 11.4. The van der Waals surface area contributed by atoms with Crippen molar-refractivity contribution in [3.63, 3.8) is 0 Å². The summed E-state index contributed by atoms with van der Waals surface area (Å²) in [6.07, 6.45) is -3.81. The van der Waals surface area contributed by atoms with Gasteiger partial charge in [0.25, 0.3) is 0 Å². The summed E-state index contributed by atoms with van der Waals surface area (Å²) < 4.78 is 37.3. The van der Waals surface area contributed by atoms with Crippen LogP contribution in [0.5, 0.6) is 0 Å². The summed E-state index contributed by atoms with van der Waals surface area (Å²) in [7, 11) is 0. The molecule has 0 aliphatic heterocycles. The summed E-state index contributed by atoms with van der Waals surface area (Å²) in [6.45, 7) is 0. The number of carbonyl (C=O) groups is 1. The molecule has 1 aromatic rings. The second kappa shape index (κ2) is 2.84. The molecule has 12 heavy (non-hydrogen) atoms. The second-order valence-electron chi connectivity index (χ2n) is 1.81. The molecule has 0 aliphatic carbocycles. The SMILES string of the molecule is O=C(OC(F)(F)F)c1ccn[nH]1. The molecule has 66 valence electrons. The maximum absolute atomic E-state index is 11.4. The van der Waals surface area contributed by atoms with Gasteiger partial charge < -0.3 is 4.74 Å². The first-order valence-corrected chi connectivity index (χ1v) is 2.78. The number of hydrogen-bond acceptors (Lipinski definition) is 3. The minimum absolute atomic E-state index is 0.340. The lowest BCUT2D eigenvalue weighted by Gasteiger charge is -2.04. The lowest BCUT2D eigenvalue weighted by Crippen LogP contribution is -2.19. The monoisotopic (exact) mass is 180 g/mol. The van der Waals surface area contributed by atoms with Gasteiger partial charge in [-0.25, -0.2) is 4.79 Å². The van der Waals surface area contributed by atoms with Crippen LogP contribution in [0.25, 0.3) is 0 Å². The molecule has 0 amide bonds. The fourth-order valence-electron chi connectivity index (χ4n) is 0.530. The van der Waals surface area contributed by atoms with Crippen LogP contribution in [-0.4, -0.2) is 22.5 Å². The Hall–Kier alpha value is -1.53. The van der Waals surface area contributed by atoms with Crippen molar-refractivity contribution in [2.75, 3.05) is 0 Å². The Morgan fingerprint density at radius 1 is 1.58 bits per heavy atom. The van der Waals surface area contributed by atoms with E-state index in [0.29, 0.717) is 0 Å². The largest absolute Gasteiger partial charge is 0.575 e. The van der Waals surface area contributed by atoms with Crippen molar-refractivity contribution >= 4 is 5.97 Å². The van der Waals surface area contributed by atoms with Crippen LogP contribution in [-0.2, 0) is 4.74 Å². The van der Waals surface area contributed by atoms with Gasteiger partial charge >= 0.3 is 12.3 Å². The fraction of sp³-hybridized carbons (Fsp3) is 0.200. The Kier molecular flexibility index (Phi) is 2.03. The van der Waals surface area contributed by atoms with Gasteiger partial charge in [-0.15, -0.1) is 13.2 Å². The Bertz CT molecular complexity index is 267. The van der Waals surface area contributed by atoms with E-state index < -0.39 is 12.3 Å². The summed E-state index contributed by atoms with van der Waals surface area (Å²) in [5, 5.41) is 5.32. The zero-order valence-corrected chi connectivity index (χ0v) is 5.55. The molecule has 1 aromatic heterocycles. The number of rotatable bonds is 1. The summed E-state index contributed by atoms with van der Waals surface area (Å²) in [5.74, 6) is -1.50. The van der Waals surface area contributed by atoms with Crippen molar-refractivity contribution in [3.8, 4) is 0 Å². The van der Waals surface area contributed by atoms with Gasteiger partial charge in [0, 0.05) is 6.20 Å². The average molecular weight is 180 g/mol. The minimum atomic E-state index is -4.96. The standard InChI is InChI=1S/C5H3F3N2O2/c6-5(7,8)12-4(11)3-1-2-9-10-3/h1-2H,(H,9,10). The van der Waals surface area contributed by atoms with Gasteiger partial charge in [-0.3, -0.25) is 5.10 Å². The Balaban J connectivity index is 2.63. The molecule has 0 saturated heterocycles. The molecule has 0 fully saturated rings. The zero-order valence-electron chi connectivity index (χ0n) is 5.55. The predicted molar refractivity (Wildman–Crippen MR) is 30.1 cm³/mol. The van der Waals surface area contributed by atoms with E-state index in [1.807, 2.05) is 5.10 Å². The second-order valence-corrected chi connectivity index (χ2v) is 1.81. The summed E-state index contributed by atoms with van der Waals surface area (Å²) in [4.78, 5) is 10.5. The van der Waals surface area contributed by atoms with Gasteiger partial charge in [-0.2, -0.15) is 5.10 Å². The number of nitrogens with one attached hydrogen (secondary N) is 1. The van der Waals surface area contributed by atoms with Crippen molar-refractivity contribution in [1.29, 1.82) is 0 Å². The van der Waals surface area contributed by atoms with Crippen molar-refractivity contribution in [3.05, 3.63) is 18.0 Å². The van der Waals surface area contributed by atoms with Crippen LogP contribution in [0.2, 0.25) is 0 Å². The number of hydrogen-bond donors (Lipinski definition) is 1. The first-order chi connectivity index (χ1) is 5.49. The molecule has 1 heterocycles. The van der Waals surface area contributed by atoms with Crippen molar-refractivity contribution < 1.29 is 22.7 Å². The van der Waals surface area contributed by atoms with Crippen LogP contribution >= 0.6 is 0 Å². The van der Waals surface area contributed by atoms with Crippen LogP contribution in [0.4, 0.5) is 13.2 Å². The first-order valence-electron chi connectivity index (χ1n) is 2.78. The third kappa shape index (κ3) is 2.26. The van der Waals surface area contributed by atoms with Crippen LogP contribution in [0, 0.1) is 0 Å². The van der Waals surface area contributed by atoms with Crippen molar-refractivity contribution in [2.24, 2.45) is 0 Å². The number of carbonyl (C=O) groups excluding carboxylic acids is 1. The highest BCUT2D eigenvalue weighted by atomic mass is 19.4. The lowest BCUT2D eigenvalue weighted by molar-refractivity contribution is -0.291. The molecule has 7 heteroatoms. The van der Waals surface area contributed by atoms with E-state index in [4.69, 9.17) is 0 Å². The van der Waals surface area contributed by atoms with Crippen LogP contribution in [0.15, 0.2) is 12.3 Å². The summed E-state index contributed by atoms with van der Waals surface area (Å²) in [5.41, 5.74) is -0.340. The number of esters is 1. The maximum Gasteiger partial charge on any atom is 0.575 e. The number of alkyl halides is 3. The van der Waals surface area contributed by atoms with Crippen molar-refractivity contribution in [2.45, 2.75) is 6.36 Å². The minimum Gasteiger partial charge on any atom is -0.368 e. The highest BCUT2D eigenvalue weighted by Gasteiger charge is 2.34. The molecular formula is C5H3F3N2O2. The van der Waals surface area contributed by atoms with Gasteiger partial charge in [0.1, 0.15) is 5.69 Å². The highest BCUT2D eigenvalue weighted by molar-refractivity contribution is 5.87. The Labute approximate surface area is 64.3 Å². The summed E-state index contributed by atoms with van der Waals surface area (Å²) >= 11 is 0. The van der Waals surface area contributed by atoms with E-state index in [0.717, 1.165) is 12.3 Å². The molecule has 0 atom stereocenters. The van der Waals surface area contributed by atoms with Crippen molar-refractivity contribution in [1.82, 2.24) is 10.2 Å². The average Bonchev–Trinajstić information content (AvgIpc) is 2.32. The molecule has 0 aliphatic rings. The van der Waals surface area contributed by atoms with Gasteiger partial charge in [-0.05, 0) is 6.07 Å². The quantitative estimate of drug-likeness (QED) is 0.658. The normalized spacial score (nSPS) is 11.2. The molecule has 0 saturated carbocycles. The van der Waals surface area contributed by atoms with E-state index in [9.17, 15) is 18.0 Å². The number of aromatic amines is 1. The van der Waals surface area contributed by atoms with E-state index in [-0.39, 0.29) is 5.69 Å². The van der Waals surface area contributed by atoms with Gasteiger partial charge in [0.15, 0.2) is 0 Å². The fourth-order valence-corrected chi connectivity index (χ4v) is 0.530. The molecule has 4 nitrogen and oxygen atoms in total. The topological polar surface area (TPSA) is 55.0 Å². The molecule has 0 bridgehead atoms. The zero-order chi connectivity index (χ0) is 9.19. The molecule has 0 spiro atoms. The third-order valence-electron chi connectivity index (χ3n) is 0.929. The van der Waals surface area contributed by atoms with Gasteiger partial charge in [-0.1, -0.05) is 0 Å². The lowest BCUT2D eigenvalue weighted by atomic mass is 10.4. The number of H-pyrrole nitrogens is 1. The number of aromatic nitrogens is 2. The number of nitrogens with zero attached hydrogens (tertiary/aromatic N) is 1. The smallest absolute Gasteiger partial charge is 0.368 e. The molecule has 0 unspecified atom stereocenters. The van der Waals surface area contributed by atoms with Crippen LogP contribution < -0.4 is 0 Å². The third-order valence-corrected chi connectivity index (χ3v) is 0.929. The van der Waals surface area contributed by atoms with E-state index >= 15 is 0 Å². The van der Waals surface area contributed by atoms with Gasteiger partial charge in [0.2, 0.25) is 0 Å². The first kappa shape index (κ1) is 8.57. The molecule has 0 aromatic carbocycles. The highest BCUT2D eigenvalue weighted by Crippen LogP contribution is 2.17. The van der Waals surface area contributed by atoms with Crippen LogP contribution in [0.3, 0.4) is 0 Å². The number of halogens is 3. The van der Waals surface area contributed by atoms with E-state index in [1.165, 1.54) is 0 Å². The summed E-state index contributed by atoms with van der Waals surface area (Å²) in [6, 6.07) is 1.08. The Morgan fingerprint density at radius 3 is 2.67 bits per heavy atom. The van der Waals surface area contributed by atoms with E-state index in [2.05, 4.69) is 9.84 Å². The van der Waals surface area contributed by atoms with Crippen LogP contribution in [0.1, 0.15) is 10.5 Å². The predicted octanol–water partition coefficient (Wildman–Crippen LogP) is 1.09. The molecular weight excluding hydrogens is 177 g/mol. The van der Waals surface area contributed by atoms with E-state index in [1.54, 1.807) is 0 Å².